The van der Waals surface area contributed by atoms with Gasteiger partial charge in [-0.15, -0.1) is 0 Å². The fourth-order valence-corrected chi connectivity index (χ4v) is 5.31. The molecule has 1 aromatic heterocycles. The largest absolute Gasteiger partial charge is 0.350 e. The quantitative estimate of drug-likeness (QED) is 0.781. The number of carbonyl (C=O) groups is 1. The van der Waals surface area contributed by atoms with Crippen molar-refractivity contribution in [3.63, 3.8) is 0 Å². The number of hydrogen-bond acceptors (Lipinski definition) is 8. The summed E-state index contributed by atoms with van der Waals surface area (Å²) in [6.45, 7) is 2.30. The molecule has 1 amide bonds. The van der Waals surface area contributed by atoms with Crippen molar-refractivity contribution in [1.82, 2.24) is 14.9 Å². The zero-order valence-corrected chi connectivity index (χ0v) is 15.2. The van der Waals surface area contributed by atoms with Crippen molar-refractivity contribution in [3.05, 3.63) is 18.0 Å². The fourth-order valence-electron chi connectivity index (χ4n) is 3.64. The first-order valence-electron chi connectivity index (χ1n) is 8.82. The fraction of sp³-hybridized carbons (Fsp3) is 0.688. The molecule has 3 fully saturated rings. The minimum atomic E-state index is -2.99. The van der Waals surface area contributed by atoms with Crippen LogP contribution in [0, 0.1) is 0 Å². The number of nitrogens with one attached hydrogen (secondary N) is 1. The Labute approximate surface area is 152 Å². The molecule has 0 aliphatic carbocycles. The summed E-state index contributed by atoms with van der Waals surface area (Å²) in [6.07, 6.45) is 3.34. The lowest BCUT2D eigenvalue weighted by Crippen LogP contribution is -2.47. The van der Waals surface area contributed by atoms with Crippen LogP contribution in [0.3, 0.4) is 0 Å². The maximum absolute atomic E-state index is 12.7. The summed E-state index contributed by atoms with van der Waals surface area (Å²) in [5.74, 6) is -0.161. The molecule has 26 heavy (non-hydrogen) atoms. The molecule has 1 atom stereocenters. The number of likely N-dealkylation sites (tertiary alicyclic amines) is 1. The number of nitrogens with zero attached hydrogens (tertiary/aromatic N) is 3. The Morgan fingerprint density at radius 1 is 1.27 bits per heavy atom. The van der Waals surface area contributed by atoms with E-state index in [1.54, 1.807) is 11.0 Å². The van der Waals surface area contributed by atoms with Gasteiger partial charge in [-0.25, -0.2) is 18.4 Å². The highest BCUT2D eigenvalue weighted by molar-refractivity contribution is 7.91. The molecule has 0 radical (unpaired) electrons. The van der Waals surface area contributed by atoms with Crippen LogP contribution in [0.25, 0.3) is 0 Å². The number of aromatic nitrogens is 2. The maximum atomic E-state index is 12.7. The average molecular weight is 382 g/mol. The SMILES string of the molecule is O=C(c1ccnc(NC2CCS(=O)(=O)C2)n1)N1CCC2(CC1)OCCO2. The van der Waals surface area contributed by atoms with Crippen LogP contribution in [0.5, 0.6) is 0 Å². The number of hydrogen-bond donors (Lipinski definition) is 1. The van der Waals surface area contributed by atoms with Crippen molar-refractivity contribution in [2.24, 2.45) is 0 Å². The van der Waals surface area contributed by atoms with Crippen LogP contribution < -0.4 is 5.32 Å². The summed E-state index contributed by atoms with van der Waals surface area (Å²) >= 11 is 0. The minimum absolute atomic E-state index is 0.0722. The number of amides is 1. The van der Waals surface area contributed by atoms with Gasteiger partial charge < -0.3 is 19.7 Å². The van der Waals surface area contributed by atoms with Crippen molar-refractivity contribution >= 4 is 21.7 Å². The number of anilines is 1. The van der Waals surface area contributed by atoms with Crippen LogP contribution in [0.15, 0.2) is 12.3 Å². The van der Waals surface area contributed by atoms with E-state index in [0.29, 0.717) is 51.3 Å². The van der Waals surface area contributed by atoms with E-state index < -0.39 is 15.6 Å². The third-order valence-corrected chi connectivity index (χ3v) is 6.83. The van der Waals surface area contributed by atoms with Crippen LogP contribution in [0.1, 0.15) is 29.8 Å². The van der Waals surface area contributed by atoms with Crippen molar-refractivity contribution < 1.29 is 22.7 Å². The highest BCUT2D eigenvalue weighted by atomic mass is 32.2. The lowest BCUT2D eigenvalue weighted by molar-refractivity contribution is -0.181. The second-order valence-electron chi connectivity index (χ2n) is 6.91. The molecule has 0 aromatic carbocycles. The van der Waals surface area contributed by atoms with Gasteiger partial charge in [0.1, 0.15) is 5.69 Å². The van der Waals surface area contributed by atoms with Gasteiger partial charge in [0.05, 0.1) is 24.7 Å². The monoisotopic (exact) mass is 382 g/mol. The third-order valence-electron chi connectivity index (χ3n) is 5.07. The number of piperidine rings is 1. The van der Waals surface area contributed by atoms with Crippen LogP contribution in [-0.4, -0.2) is 78.8 Å². The van der Waals surface area contributed by atoms with Gasteiger partial charge in [-0.2, -0.15) is 0 Å². The summed E-state index contributed by atoms with van der Waals surface area (Å²) in [5, 5.41) is 3.02. The van der Waals surface area contributed by atoms with E-state index in [9.17, 15) is 13.2 Å². The van der Waals surface area contributed by atoms with Gasteiger partial charge in [0.2, 0.25) is 5.95 Å². The first-order chi connectivity index (χ1) is 12.4. The second-order valence-corrected chi connectivity index (χ2v) is 9.14. The Kier molecular flexibility index (Phi) is 4.57. The summed E-state index contributed by atoms with van der Waals surface area (Å²) in [7, 11) is -2.99. The number of sulfone groups is 1. The summed E-state index contributed by atoms with van der Waals surface area (Å²) < 4.78 is 34.5. The molecule has 4 heterocycles. The second kappa shape index (κ2) is 6.75. The average Bonchev–Trinajstić information content (AvgIpc) is 3.21. The molecule has 4 rings (SSSR count). The van der Waals surface area contributed by atoms with Gasteiger partial charge in [-0.05, 0) is 12.5 Å². The lowest BCUT2D eigenvalue weighted by atomic mass is 10.0. The van der Waals surface area contributed by atoms with Crippen molar-refractivity contribution in [2.75, 3.05) is 43.1 Å². The number of rotatable bonds is 3. The van der Waals surface area contributed by atoms with E-state index in [-0.39, 0.29) is 29.4 Å². The molecule has 0 bridgehead atoms. The zero-order valence-electron chi connectivity index (χ0n) is 14.4. The molecule has 1 unspecified atom stereocenters. The topological polar surface area (TPSA) is 111 Å². The molecule has 3 aliphatic heterocycles. The standard InChI is InChI=1S/C16H22N4O5S/c21-14(20-6-3-16(4-7-20)24-8-9-25-16)13-1-5-17-15(19-13)18-12-2-10-26(22,23)11-12/h1,5,12H,2-4,6-11H2,(H,17,18,19). The highest BCUT2D eigenvalue weighted by Gasteiger charge is 2.41. The van der Waals surface area contributed by atoms with Crippen molar-refractivity contribution in [3.8, 4) is 0 Å². The molecule has 9 nitrogen and oxygen atoms in total. The van der Waals surface area contributed by atoms with E-state index in [1.165, 1.54) is 6.20 Å². The molecule has 142 valence electrons. The van der Waals surface area contributed by atoms with E-state index in [0.717, 1.165) is 0 Å². The van der Waals surface area contributed by atoms with Crippen LogP contribution in [0.4, 0.5) is 5.95 Å². The molecule has 10 heteroatoms. The predicted octanol–water partition coefficient (Wildman–Crippen LogP) is 0.0547. The van der Waals surface area contributed by atoms with Crippen LogP contribution in [0.2, 0.25) is 0 Å². The maximum Gasteiger partial charge on any atom is 0.272 e. The van der Waals surface area contributed by atoms with Gasteiger partial charge in [0.25, 0.3) is 5.91 Å². The highest BCUT2D eigenvalue weighted by Crippen LogP contribution is 2.31. The molecule has 1 spiro atoms. The summed E-state index contributed by atoms with van der Waals surface area (Å²) in [5.41, 5.74) is 0.299. The van der Waals surface area contributed by atoms with Gasteiger partial charge >= 0.3 is 0 Å². The first kappa shape index (κ1) is 17.6. The predicted molar refractivity (Wildman–Crippen MR) is 92.5 cm³/mol. The minimum Gasteiger partial charge on any atom is -0.350 e. The van der Waals surface area contributed by atoms with Gasteiger partial charge in [-0.1, -0.05) is 0 Å². The van der Waals surface area contributed by atoms with Crippen molar-refractivity contribution in [2.45, 2.75) is 31.1 Å². The molecule has 0 saturated carbocycles. The van der Waals surface area contributed by atoms with Crippen molar-refractivity contribution in [1.29, 1.82) is 0 Å². The Hall–Kier alpha value is -1.78. The smallest absolute Gasteiger partial charge is 0.272 e. The summed E-state index contributed by atoms with van der Waals surface area (Å²) in [6, 6.07) is 1.36. The number of ether oxygens (including phenoxy) is 2. The number of carbonyl (C=O) groups excluding carboxylic acids is 1. The summed E-state index contributed by atoms with van der Waals surface area (Å²) in [4.78, 5) is 22.9. The van der Waals surface area contributed by atoms with E-state index >= 15 is 0 Å². The van der Waals surface area contributed by atoms with Gasteiger partial charge in [0, 0.05) is 38.2 Å². The Morgan fingerprint density at radius 2 is 2.00 bits per heavy atom. The van der Waals surface area contributed by atoms with Gasteiger partial charge in [-0.3, -0.25) is 4.79 Å². The zero-order chi connectivity index (χ0) is 18.2. The van der Waals surface area contributed by atoms with Crippen LogP contribution >= 0.6 is 0 Å². The van der Waals surface area contributed by atoms with E-state index in [1.807, 2.05) is 0 Å². The lowest BCUT2D eigenvalue weighted by Gasteiger charge is -2.37. The molecular formula is C16H22N4O5S. The van der Waals surface area contributed by atoms with E-state index in [2.05, 4.69) is 15.3 Å². The van der Waals surface area contributed by atoms with Gasteiger partial charge in [0.15, 0.2) is 15.6 Å². The Bertz CT molecular complexity index is 784. The van der Waals surface area contributed by atoms with E-state index in [4.69, 9.17) is 9.47 Å². The molecule has 1 N–H and O–H groups in total. The molecule has 3 saturated heterocycles. The Balaban J connectivity index is 1.39. The Morgan fingerprint density at radius 3 is 2.65 bits per heavy atom. The first-order valence-corrected chi connectivity index (χ1v) is 10.6. The molecule has 1 aromatic rings. The normalized spacial score (nSPS) is 26.9. The van der Waals surface area contributed by atoms with Crippen LogP contribution in [-0.2, 0) is 19.3 Å². The molecular weight excluding hydrogens is 360 g/mol. The molecule has 3 aliphatic rings. The third kappa shape index (κ3) is 3.67.